The van der Waals surface area contributed by atoms with Crippen LogP contribution in [0.5, 0.6) is 0 Å². The number of nitrogens with one attached hydrogen (secondary N) is 1. The zero-order chi connectivity index (χ0) is 19.7. The van der Waals surface area contributed by atoms with E-state index >= 15 is 0 Å². The summed E-state index contributed by atoms with van der Waals surface area (Å²) in [5, 5.41) is 10.3. The van der Waals surface area contributed by atoms with Gasteiger partial charge >= 0.3 is 0 Å². The Morgan fingerprint density at radius 3 is 2.71 bits per heavy atom. The van der Waals surface area contributed by atoms with E-state index in [9.17, 15) is 12.8 Å². The standard InChI is InChI=1S/C19H19FN4O2S2/c1-28(25,26)23-17-4-2-3-14-12-24(10-9-16(14)17)19-22-21-18(27-19)11-13-5-7-15(20)8-6-13/h2-8,23H,9-12H2,1H3. The van der Waals surface area contributed by atoms with E-state index in [0.29, 0.717) is 18.7 Å². The molecule has 9 heteroatoms. The van der Waals surface area contributed by atoms with Gasteiger partial charge in [0.05, 0.1) is 11.9 Å². The molecule has 3 aromatic rings. The number of fused-ring (bicyclic) bond motifs is 1. The minimum Gasteiger partial charge on any atom is -0.342 e. The van der Waals surface area contributed by atoms with Crippen LogP contribution in [0.2, 0.25) is 0 Å². The van der Waals surface area contributed by atoms with E-state index in [1.54, 1.807) is 18.2 Å². The fourth-order valence-electron chi connectivity index (χ4n) is 3.29. The van der Waals surface area contributed by atoms with Crippen LogP contribution in [0.1, 0.15) is 21.7 Å². The van der Waals surface area contributed by atoms with Crippen molar-refractivity contribution in [1.29, 1.82) is 0 Å². The molecule has 0 radical (unpaired) electrons. The van der Waals surface area contributed by atoms with Crippen molar-refractivity contribution in [3.8, 4) is 0 Å². The van der Waals surface area contributed by atoms with Crippen molar-refractivity contribution < 1.29 is 12.8 Å². The van der Waals surface area contributed by atoms with Crippen molar-refractivity contribution in [1.82, 2.24) is 10.2 Å². The summed E-state index contributed by atoms with van der Waals surface area (Å²) in [7, 11) is -3.31. The fourth-order valence-corrected chi connectivity index (χ4v) is 4.78. The van der Waals surface area contributed by atoms with Gasteiger partial charge in [-0.2, -0.15) is 0 Å². The lowest BCUT2D eigenvalue weighted by molar-refractivity contribution is 0.606. The molecule has 0 spiro atoms. The van der Waals surface area contributed by atoms with Gasteiger partial charge in [-0.15, -0.1) is 10.2 Å². The van der Waals surface area contributed by atoms with Gasteiger partial charge in [-0.1, -0.05) is 35.6 Å². The summed E-state index contributed by atoms with van der Waals surface area (Å²) in [6, 6.07) is 12.1. The monoisotopic (exact) mass is 418 g/mol. The number of hydrogen-bond acceptors (Lipinski definition) is 6. The van der Waals surface area contributed by atoms with Crippen LogP contribution in [0, 0.1) is 5.82 Å². The molecule has 0 saturated carbocycles. The average molecular weight is 419 g/mol. The van der Waals surface area contributed by atoms with Crippen molar-refractivity contribution in [3.05, 3.63) is 70.0 Å². The van der Waals surface area contributed by atoms with Crippen molar-refractivity contribution in [2.24, 2.45) is 0 Å². The zero-order valence-electron chi connectivity index (χ0n) is 15.2. The first-order chi connectivity index (χ1) is 13.4. The molecule has 146 valence electrons. The molecule has 1 N–H and O–H groups in total. The van der Waals surface area contributed by atoms with E-state index in [1.807, 2.05) is 12.1 Å². The summed E-state index contributed by atoms with van der Waals surface area (Å²) in [4.78, 5) is 2.15. The first kappa shape index (κ1) is 18.8. The minimum atomic E-state index is -3.31. The first-order valence-corrected chi connectivity index (χ1v) is 11.5. The molecule has 28 heavy (non-hydrogen) atoms. The van der Waals surface area contributed by atoms with Gasteiger partial charge in [0.2, 0.25) is 15.2 Å². The van der Waals surface area contributed by atoms with Crippen LogP contribution in [-0.4, -0.2) is 31.4 Å². The predicted octanol–water partition coefficient (Wildman–Crippen LogP) is 3.20. The van der Waals surface area contributed by atoms with Gasteiger partial charge in [-0.05, 0) is 41.3 Å². The maximum absolute atomic E-state index is 13.0. The van der Waals surface area contributed by atoms with Crippen molar-refractivity contribution in [2.75, 3.05) is 22.4 Å². The molecular formula is C19H19FN4O2S2. The molecule has 1 aliphatic rings. The number of sulfonamides is 1. The molecule has 0 atom stereocenters. The Morgan fingerprint density at radius 1 is 1.18 bits per heavy atom. The number of rotatable bonds is 5. The van der Waals surface area contributed by atoms with E-state index < -0.39 is 10.0 Å². The highest BCUT2D eigenvalue weighted by atomic mass is 32.2. The highest BCUT2D eigenvalue weighted by Crippen LogP contribution is 2.31. The van der Waals surface area contributed by atoms with E-state index in [2.05, 4.69) is 19.8 Å². The van der Waals surface area contributed by atoms with Crippen LogP contribution >= 0.6 is 11.3 Å². The highest BCUT2D eigenvalue weighted by molar-refractivity contribution is 7.92. The fraction of sp³-hybridized carbons (Fsp3) is 0.263. The zero-order valence-corrected chi connectivity index (χ0v) is 16.9. The van der Waals surface area contributed by atoms with Gasteiger partial charge in [0.25, 0.3) is 0 Å². The molecule has 0 amide bonds. The van der Waals surface area contributed by atoms with E-state index in [-0.39, 0.29) is 5.82 Å². The SMILES string of the molecule is CS(=O)(=O)Nc1cccc2c1CCN(c1nnc(Cc3ccc(F)cc3)s1)C2. The second-order valence-corrected chi connectivity index (χ2v) is 9.56. The lowest BCUT2D eigenvalue weighted by atomic mass is 9.98. The summed E-state index contributed by atoms with van der Waals surface area (Å²) >= 11 is 1.53. The molecule has 0 bridgehead atoms. The Kier molecular flexibility index (Phi) is 5.03. The van der Waals surface area contributed by atoms with Crippen molar-refractivity contribution in [3.63, 3.8) is 0 Å². The van der Waals surface area contributed by atoms with Crippen LogP contribution in [0.3, 0.4) is 0 Å². The topological polar surface area (TPSA) is 75.2 Å². The first-order valence-electron chi connectivity index (χ1n) is 8.78. The number of halogens is 1. The van der Waals surface area contributed by atoms with Crippen LogP contribution < -0.4 is 9.62 Å². The number of nitrogens with zero attached hydrogens (tertiary/aromatic N) is 3. The number of hydrogen-bond donors (Lipinski definition) is 1. The van der Waals surface area contributed by atoms with Gasteiger partial charge in [-0.25, -0.2) is 12.8 Å². The van der Waals surface area contributed by atoms with E-state index in [0.717, 1.165) is 46.1 Å². The van der Waals surface area contributed by atoms with E-state index in [1.165, 1.54) is 23.5 Å². The van der Waals surface area contributed by atoms with Gasteiger partial charge in [0.15, 0.2) is 0 Å². The van der Waals surface area contributed by atoms with Crippen molar-refractivity contribution in [2.45, 2.75) is 19.4 Å². The van der Waals surface area contributed by atoms with Gasteiger partial charge in [0.1, 0.15) is 10.8 Å². The highest BCUT2D eigenvalue weighted by Gasteiger charge is 2.22. The van der Waals surface area contributed by atoms with Gasteiger partial charge in [-0.3, -0.25) is 4.72 Å². The quantitative estimate of drug-likeness (QED) is 0.689. The van der Waals surface area contributed by atoms with Crippen LogP contribution in [0.15, 0.2) is 42.5 Å². The molecular weight excluding hydrogens is 399 g/mol. The Hall–Kier alpha value is -2.52. The summed E-state index contributed by atoms with van der Waals surface area (Å²) < 4.78 is 38.8. The summed E-state index contributed by atoms with van der Waals surface area (Å²) in [5.41, 5.74) is 3.74. The van der Waals surface area contributed by atoms with Crippen molar-refractivity contribution >= 4 is 32.2 Å². The maximum Gasteiger partial charge on any atom is 0.229 e. The van der Waals surface area contributed by atoms with Crippen LogP contribution in [0.4, 0.5) is 15.2 Å². The molecule has 2 heterocycles. The van der Waals surface area contributed by atoms with Crippen LogP contribution in [-0.2, 0) is 29.4 Å². The Morgan fingerprint density at radius 2 is 1.96 bits per heavy atom. The lowest BCUT2D eigenvalue weighted by Crippen LogP contribution is -2.31. The summed E-state index contributed by atoms with van der Waals surface area (Å²) in [5.74, 6) is -0.251. The maximum atomic E-state index is 13.0. The predicted molar refractivity (Wildman–Crippen MR) is 109 cm³/mol. The molecule has 0 unspecified atom stereocenters. The summed E-state index contributed by atoms with van der Waals surface area (Å²) in [6.45, 7) is 1.39. The molecule has 0 fully saturated rings. The second kappa shape index (κ2) is 7.48. The van der Waals surface area contributed by atoms with E-state index in [4.69, 9.17) is 0 Å². The number of anilines is 2. The van der Waals surface area contributed by atoms with Gasteiger partial charge < -0.3 is 4.90 Å². The summed E-state index contributed by atoms with van der Waals surface area (Å²) in [6.07, 6.45) is 2.50. The Bertz CT molecular complexity index is 1100. The largest absolute Gasteiger partial charge is 0.342 e. The third kappa shape index (κ3) is 4.31. The average Bonchev–Trinajstić information content (AvgIpc) is 3.11. The molecule has 1 aromatic heterocycles. The van der Waals surface area contributed by atoms with Gasteiger partial charge in [0, 0.05) is 19.5 Å². The normalized spacial score (nSPS) is 14.0. The molecule has 1 aliphatic heterocycles. The molecule has 0 aliphatic carbocycles. The number of aromatic nitrogens is 2. The van der Waals surface area contributed by atoms with Crippen LogP contribution in [0.25, 0.3) is 0 Å². The third-order valence-corrected chi connectivity index (χ3v) is 6.13. The molecule has 6 nitrogen and oxygen atoms in total. The lowest BCUT2D eigenvalue weighted by Gasteiger charge is -2.29. The molecule has 0 saturated heterocycles. The third-order valence-electron chi connectivity index (χ3n) is 4.56. The molecule has 2 aromatic carbocycles. The smallest absolute Gasteiger partial charge is 0.229 e. The number of benzene rings is 2. The minimum absolute atomic E-state index is 0.251. The second-order valence-electron chi connectivity index (χ2n) is 6.77. The Balaban J connectivity index is 1.50. The Labute approximate surface area is 167 Å². The molecule has 4 rings (SSSR count).